The van der Waals surface area contributed by atoms with Gasteiger partial charge < -0.3 is 14.6 Å². The number of benzene rings is 1. The van der Waals surface area contributed by atoms with E-state index >= 15 is 0 Å². The first kappa shape index (κ1) is 16.3. The monoisotopic (exact) mass is 355 g/mol. The van der Waals surface area contributed by atoms with E-state index in [1.54, 1.807) is 7.11 Å². The summed E-state index contributed by atoms with van der Waals surface area (Å²) < 4.78 is 13.6. The molecule has 0 unspecified atom stereocenters. The summed E-state index contributed by atoms with van der Waals surface area (Å²) in [6.45, 7) is 3.07. The summed E-state index contributed by atoms with van der Waals surface area (Å²) in [5.41, 5.74) is 2.11. The fourth-order valence-corrected chi connectivity index (χ4v) is 5.30. The second kappa shape index (κ2) is 6.08. The van der Waals surface area contributed by atoms with Crippen LogP contribution in [0.1, 0.15) is 18.4 Å². The predicted molar refractivity (Wildman–Crippen MR) is 96.3 cm³/mol. The largest absolute Gasteiger partial charge is 0.494 e. The quantitative estimate of drug-likeness (QED) is 0.887. The second-order valence-electron chi connectivity index (χ2n) is 7.85. The van der Waals surface area contributed by atoms with Crippen LogP contribution in [0.15, 0.2) is 36.7 Å². The number of ether oxygens (including phenoxy) is 2. The van der Waals surface area contributed by atoms with Crippen LogP contribution in [0.3, 0.4) is 0 Å². The minimum Gasteiger partial charge on any atom is -0.494 e. The topological polar surface area (TPSA) is 59.8 Å². The van der Waals surface area contributed by atoms with Crippen LogP contribution in [-0.4, -0.2) is 58.3 Å². The maximum atomic E-state index is 9.76. The van der Waals surface area contributed by atoms with Crippen molar-refractivity contribution >= 4 is 0 Å². The molecule has 3 saturated heterocycles. The minimum atomic E-state index is -0.0172. The molecule has 1 spiro atoms. The summed E-state index contributed by atoms with van der Waals surface area (Å²) in [7, 11) is 1.68. The van der Waals surface area contributed by atoms with Gasteiger partial charge in [0.15, 0.2) is 0 Å². The Morgan fingerprint density at radius 3 is 3.12 bits per heavy atom. The Kier molecular flexibility index (Phi) is 3.81. The normalized spacial score (nSPS) is 32.9. The molecule has 3 fully saturated rings. The van der Waals surface area contributed by atoms with Gasteiger partial charge in [0.05, 0.1) is 25.0 Å². The Labute approximate surface area is 153 Å². The zero-order chi connectivity index (χ0) is 17.7. The molecule has 2 bridgehead atoms. The molecule has 1 aromatic heterocycles. The van der Waals surface area contributed by atoms with Crippen LogP contribution in [0, 0.1) is 11.8 Å². The SMILES string of the molecule is COc1ccccc1-n1cc(CN2C[C@@H]3[C@H](CO)[C@H]4CC[C@]3(C2)O4)cn1. The number of aliphatic hydroxyl groups is 1. The maximum Gasteiger partial charge on any atom is 0.144 e. The van der Waals surface area contributed by atoms with E-state index in [4.69, 9.17) is 9.47 Å². The average Bonchev–Trinajstić information content (AvgIpc) is 3.41. The van der Waals surface area contributed by atoms with Crippen molar-refractivity contribution in [1.82, 2.24) is 14.7 Å². The lowest BCUT2D eigenvalue weighted by Gasteiger charge is -2.28. The Balaban J connectivity index is 1.32. The van der Waals surface area contributed by atoms with Crippen molar-refractivity contribution in [3.05, 3.63) is 42.2 Å². The van der Waals surface area contributed by atoms with Crippen molar-refractivity contribution in [3.63, 3.8) is 0 Å². The summed E-state index contributed by atoms with van der Waals surface area (Å²) in [6, 6.07) is 7.90. The van der Waals surface area contributed by atoms with E-state index in [1.165, 1.54) is 5.56 Å². The number of fused-ring (bicyclic) bond motifs is 1. The van der Waals surface area contributed by atoms with Gasteiger partial charge in [-0.3, -0.25) is 4.90 Å². The summed E-state index contributed by atoms with van der Waals surface area (Å²) in [5, 5.41) is 14.3. The van der Waals surface area contributed by atoms with E-state index in [0.717, 1.165) is 43.9 Å². The number of nitrogens with zero attached hydrogens (tertiary/aromatic N) is 3. The lowest BCUT2D eigenvalue weighted by molar-refractivity contribution is 0.000380. The summed E-state index contributed by atoms with van der Waals surface area (Å²) >= 11 is 0. The van der Waals surface area contributed by atoms with Crippen LogP contribution < -0.4 is 4.74 Å². The lowest BCUT2D eigenvalue weighted by atomic mass is 9.74. The van der Waals surface area contributed by atoms with Gasteiger partial charge in [-0.25, -0.2) is 4.68 Å². The standard InChI is InChI=1S/C20H25N3O3/c1-25-19-5-3-2-4-17(19)23-10-14(8-21-23)9-22-11-16-15(12-24)18-6-7-20(16,13-22)26-18/h2-5,8,10,15-16,18,24H,6-7,9,11-13H2,1H3/t15-,16+,18+,20+/m0/s1. The van der Waals surface area contributed by atoms with Crippen LogP contribution in [0.4, 0.5) is 0 Å². The first-order chi connectivity index (χ1) is 12.7. The number of rotatable bonds is 5. The van der Waals surface area contributed by atoms with E-state index in [9.17, 15) is 5.11 Å². The molecular formula is C20H25N3O3. The Bertz CT molecular complexity index is 807. The van der Waals surface area contributed by atoms with Gasteiger partial charge in [0, 0.05) is 49.8 Å². The molecule has 26 heavy (non-hydrogen) atoms. The van der Waals surface area contributed by atoms with Gasteiger partial charge in [-0.1, -0.05) is 12.1 Å². The number of aliphatic hydroxyl groups excluding tert-OH is 1. The zero-order valence-corrected chi connectivity index (χ0v) is 15.0. The molecule has 1 aromatic carbocycles. The molecule has 5 rings (SSSR count). The van der Waals surface area contributed by atoms with E-state index in [1.807, 2.05) is 35.1 Å². The number of hydrogen-bond donors (Lipinski definition) is 1. The van der Waals surface area contributed by atoms with Gasteiger partial charge >= 0.3 is 0 Å². The molecule has 3 aliphatic heterocycles. The van der Waals surface area contributed by atoms with Crippen molar-refractivity contribution in [3.8, 4) is 11.4 Å². The third-order valence-corrected chi connectivity index (χ3v) is 6.44. The molecule has 138 valence electrons. The smallest absolute Gasteiger partial charge is 0.144 e. The van der Waals surface area contributed by atoms with Gasteiger partial charge in [-0.2, -0.15) is 5.10 Å². The molecule has 4 heterocycles. The average molecular weight is 355 g/mol. The highest BCUT2D eigenvalue weighted by atomic mass is 16.5. The number of para-hydroxylation sites is 2. The molecule has 0 radical (unpaired) electrons. The van der Waals surface area contributed by atoms with Gasteiger partial charge in [0.1, 0.15) is 11.4 Å². The van der Waals surface area contributed by atoms with E-state index < -0.39 is 0 Å². The molecule has 6 nitrogen and oxygen atoms in total. The first-order valence-electron chi connectivity index (χ1n) is 9.40. The number of likely N-dealkylation sites (tertiary alicyclic amines) is 1. The second-order valence-corrected chi connectivity index (χ2v) is 7.85. The third kappa shape index (κ3) is 2.40. The van der Waals surface area contributed by atoms with E-state index in [0.29, 0.717) is 11.8 Å². The van der Waals surface area contributed by atoms with Crippen molar-refractivity contribution < 1.29 is 14.6 Å². The fourth-order valence-electron chi connectivity index (χ4n) is 5.30. The number of hydrogen-bond acceptors (Lipinski definition) is 5. The van der Waals surface area contributed by atoms with Gasteiger partial charge in [-0.05, 0) is 25.0 Å². The molecule has 0 amide bonds. The Morgan fingerprint density at radius 2 is 2.27 bits per heavy atom. The van der Waals surface area contributed by atoms with Gasteiger partial charge in [0.2, 0.25) is 0 Å². The van der Waals surface area contributed by atoms with Gasteiger partial charge in [-0.15, -0.1) is 0 Å². The van der Waals surface area contributed by atoms with Crippen molar-refractivity contribution in [2.24, 2.45) is 11.8 Å². The van der Waals surface area contributed by atoms with Crippen LogP contribution in [0.25, 0.3) is 5.69 Å². The number of methoxy groups -OCH3 is 1. The molecule has 0 aliphatic carbocycles. The fraction of sp³-hybridized carbons (Fsp3) is 0.550. The Morgan fingerprint density at radius 1 is 1.38 bits per heavy atom. The highest BCUT2D eigenvalue weighted by molar-refractivity contribution is 5.46. The van der Waals surface area contributed by atoms with Crippen LogP contribution >= 0.6 is 0 Å². The number of aromatic nitrogens is 2. The predicted octanol–water partition coefficient (Wildman–Crippen LogP) is 1.85. The van der Waals surface area contributed by atoms with Gasteiger partial charge in [0.25, 0.3) is 0 Å². The Hall–Kier alpha value is -1.89. The van der Waals surface area contributed by atoms with Crippen molar-refractivity contribution in [2.45, 2.75) is 31.1 Å². The molecule has 3 aliphatic rings. The van der Waals surface area contributed by atoms with Crippen LogP contribution in [0.5, 0.6) is 5.75 Å². The highest BCUT2D eigenvalue weighted by Gasteiger charge is 2.62. The molecule has 2 aromatic rings. The maximum absolute atomic E-state index is 9.76. The lowest BCUT2D eigenvalue weighted by Crippen LogP contribution is -2.37. The van der Waals surface area contributed by atoms with Crippen molar-refractivity contribution in [2.75, 3.05) is 26.8 Å². The summed E-state index contributed by atoms with van der Waals surface area (Å²) in [5.74, 6) is 1.59. The minimum absolute atomic E-state index is 0.0172. The molecule has 4 atom stereocenters. The summed E-state index contributed by atoms with van der Waals surface area (Å²) in [6.07, 6.45) is 6.52. The van der Waals surface area contributed by atoms with Crippen LogP contribution in [0.2, 0.25) is 0 Å². The zero-order valence-electron chi connectivity index (χ0n) is 15.0. The molecule has 1 N–H and O–H groups in total. The van der Waals surface area contributed by atoms with Crippen molar-refractivity contribution in [1.29, 1.82) is 0 Å². The first-order valence-corrected chi connectivity index (χ1v) is 9.40. The van der Waals surface area contributed by atoms with Crippen LogP contribution in [-0.2, 0) is 11.3 Å². The summed E-state index contributed by atoms with van der Waals surface area (Å²) in [4.78, 5) is 2.46. The van der Waals surface area contributed by atoms with E-state index in [2.05, 4.69) is 16.2 Å². The van der Waals surface area contributed by atoms with E-state index in [-0.39, 0.29) is 18.3 Å². The molecular weight excluding hydrogens is 330 g/mol. The molecule has 0 saturated carbocycles. The molecule has 6 heteroatoms. The third-order valence-electron chi connectivity index (χ3n) is 6.44. The highest BCUT2D eigenvalue weighted by Crippen LogP contribution is 2.54.